The van der Waals surface area contributed by atoms with E-state index in [-0.39, 0.29) is 6.04 Å². The summed E-state index contributed by atoms with van der Waals surface area (Å²) in [7, 11) is 0. The fourth-order valence-electron chi connectivity index (χ4n) is 1.36. The second-order valence-corrected chi connectivity index (χ2v) is 4.72. The van der Waals surface area contributed by atoms with Gasteiger partial charge in [-0.3, -0.25) is 0 Å². The van der Waals surface area contributed by atoms with Crippen LogP contribution in [0.2, 0.25) is 0 Å². The molecule has 2 N–H and O–H groups in total. The SMILES string of the molecule is Cc1cc(C(C)C)nc(C(N)C(C)C)n1. The van der Waals surface area contributed by atoms with Gasteiger partial charge in [-0.15, -0.1) is 0 Å². The molecular formula is C12H21N3. The smallest absolute Gasteiger partial charge is 0.145 e. The van der Waals surface area contributed by atoms with E-state index in [2.05, 4.69) is 37.7 Å². The average molecular weight is 207 g/mol. The second kappa shape index (κ2) is 4.71. The summed E-state index contributed by atoms with van der Waals surface area (Å²) in [6.07, 6.45) is 0. The summed E-state index contributed by atoms with van der Waals surface area (Å²) in [6.45, 7) is 10.4. The van der Waals surface area contributed by atoms with E-state index in [1.54, 1.807) is 0 Å². The van der Waals surface area contributed by atoms with Crippen LogP contribution < -0.4 is 5.73 Å². The van der Waals surface area contributed by atoms with E-state index >= 15 is 0 Å². The summed E-state index contributed by atoms with van der Waals surface area (Å²) >= 11 is 0. The Morgan fingerprint density at radius 3 is 2.20 bits per heavy atom. The molecule has 1 atom stereocenters. The van der Waals surface area contributed by atoms with Crippen molar-refractivity contribution in [1.82, 2.24) is 9.97 Å². The van der Waals surface area contributed by atoms with Crippen LogP contribution in [0.5, 0.6) is 0 Å². The van der Waals surface area contributed by atoms with Gasteiger partial charge in [-0.25, -0.2) is 9.97 Å². The average Bonchev–Trinajstić information content (AvgIpc) is 2.15. The maximum absolute atomic E-state index is 6.05. The molecule has 0 saturated heterocycles. The molecule has 3 nitrogen and oxygen atoms in total. The molecule has 3 heteroatoms. The van der Waals surface area contributed by atoms with Crippen molar-refractivity contribution in [1.29, 1.82) is 0 Å². The lowest BCUT2D eigenvalue weighted by Crippen LogP contribution is -2.21. The van der Waals surface area contributed by atoms with Crippen molar-refractivity contribution in [3.8, 4) is 0 Å². The minimum atomic E-state index is -0.0672. The van der Waals surface area contributed by atoms with Crippen LogP contribution >= 0.6 is 0 Å². The van der Waals surface area contributed by atoms with Gasteiger partial charge in [0.05, 0.1) is 6.04 Å². The zero-order chi connectivity index (χ0) is 11.6. The van der Waals surface area contributed by atoms with Gasteiger partial charge < -0.3 is 5.73 Å². The molecule has 1 unspecified atom stereocenters. The van der Waals surface area contributed by atoms with Crippen molar-refractivity contribution in [2.75, 3.05) is 0 Å². The van der Waals surface area contributed by atoms with E-state index in [9.17, 15) is 0 Å². The Bertz CT molecular complexity index is 332. The number of aryl methyl sites for hydroxylation is 1. The Morgan fingerprint density at radius 1 is 1.13 bits per heavy atom. The van der Waals surface area contributed by atoms with Crippen molar-refractivity contribution >= 4 is 0 Å². The summed E-state index contributed by atoms with van der Waals surface area (Å²) in [5.41, 5.74) is 8.13. The first-order chi connectivity index (χ1) is 6.91. The first-order valence-electron chi connectivity index (χ1n) is 5.53. The highest BCUT2D eigenvalue weighted by Crippen LogP contribution is 2.19. The third-order valence-electron chi connectivity index (χ3n) is 2.50. The minimum Gasteiger partial charge on any atom is -0.321 e. The van der Waals surface area contributed by atoms with Gasteiger partial charge >= 0.3 is 0 Å². The van der Waals surface area contributed by atoms with E-state index in [1.807, 2.05) is 13.0 Å². The third kappa shape index (κ3) is 2.99. The lowest BCUT2D eigenvalue weighted by molar-refractivity contribution is 0.486. The third-order valence-corrected chi connectivity index (χ3v) is 2.50. The molecule has 15 heavy (non-hydrogen) atoms. The zero-order valence-electron chi connectivity index (χ0n) is 10.3. The monoisotopic (exact) mass is 207 g/mol. The Morgan fingerprint density at radius 2 is 1.73 bits per heavy atom. The van der Waals surface area contributed by atoms with Crippen LogP contribution in [-0.4, -0.2) is 9.97 Å². The quantitative estimate of drug-likeness (QED) is 0.828. The molecule has 0 fully saturated rings. The Labute approximate surface area is 92.1 Å². The summed E-state index contributed by atoms with van der Waals surface area (Å²) in [6, 6.07) is 1.96. The van der Waals surface area contributed by atoms with Crippen LogP contribution in [0.3, 0.4) is 0 Å². The normalized spacial score (nSPS) is 13.6. The Balaban J connectivity index is 3.09. The highest BCUT2D eigenvalue weighted by atomic mass is 14.9. The first-order valence-corrected chi connectivity index (χ1v) is 5.53. The van der Waals surface area contributed by atoms with Crippen LogP contribution in [0.4, 0.5) is 0 Å². The number of nitrogens with two attached hydrogens (primary N) is 1. The van der Waals surface area contributed by atoms with Crippen molar-refractivity contribution in [3.05, 3.63) is 23.3 Å². The van der Waals surface area contributed by atoms with Gasteiger partial charge in [0, 0.05) is 11.4 Å². The number of aromatic nitrogens is 2. The van der Waals surface area contributed by atoms with Crippen LogP contribution in [-0.2, 0) is 0 Å². The van der Waals surface area contributed by atoms with Crippen LogP contribution in [0.1, 0.15) is 56.9 Å². The van der Waals surface area contributed by atoms with E-state index < -0.39 is 0 Å². The van der Waals surface area contributed by atoms with Crippen molar-refractivity contribution in [2.24, 2.45) is 11.7 Å². The number of rotatable bonds is 3. The van der Waals surface area contributed by atoms with Crippen LogP contribution in [0.25, 0.3) is 0 Å². The lowest BCUT2D eigenvalue weighted by Gasteiger charge is -2.16. The van der Waals surface area contributed by atoms with E-state index in [0.29, 0.717) is 11.8 Å². The van der Waals surface area contributed by atoms with Crippen LogP contribution in [0.15, 0.2) is 6.07 Å². The molecule has 0 saturated carbocycles. The van der Waals surface area contributed by atoms with E-state index in [0.717, 1.165) is 17.2 Å². The highest BCUT2D eigenvalue weighted by molar-refractivity contribution is 5.14. The predicted octanol–water partition coefficient (Wildman–Crippen LogP) is 2.56. The molecule has 0 aliphatic carbocycles. The van der Waals surface area contributed by atoms with Crippen molar-refractivity contribution in [3.63, 3.8) is 0 Å². The summed E-state index contributed by atoms with van der Waals surface area (Å²) in [5.74, 6) is 1.56. The zero-order valence-corrected chi connectivity index (χ0v) is 10.3. The molecule has 84 valence electrons. The molecule has 1 heterocycles. The predicted molar refractivity (Wildman–Crippen MR) is 62.6 cm³/mol. The summed E-state index contributed by atoms with van der Waals surface area (Å²) in [5, 5.41) is 0. The lowest BCUT2D eigenvalue weighted by atomic mass is 10.0. The van der Waals surface area contributed by atoms with Gasteiger partial charge in [0.25, 0.3) is 0 Å². The van der Waals surface area contributed by atoms with Crippen molar-refractivity contribution < 1.29 is 0 Å². The molecule has 1 rings (SSSR count). The molecule has 0 aliphatic heterocycles. The molecule has 0 radical (unpaired) electrons. The van der Waals surface area contributed by atoms with Gasteiger partial charge in [0.15, 0.2) is 0 Å². The number of hydrogen-bond acceptors (Lipinski definition) is 3. The van der Waals surface area contributed by atoms with E-state index in [4.69, 9.17) is 5.73 Å². The summed E-state index contributed by atoms with van der Waals surface area (Å²) < 4.78 is 0. The molecule has 0 aliphatic rings. The molecule has 0 amide bonds. The molecule has 1 aromatic heterocycles. The van der Waals surface area contributed by atoms with Gasteiger partial charge in [-0.2, -0.15) is 0 Å². The number of nitrogens with zero attached hydrogens (tertiary/aromatic N) is 2. The largest absolute Gasteiger partial charge is 0.321 e. The summed E-state index contributed by atoms with van der Waals surface area (Å²) in [4.78, 5) is 8.92. The second-order valence-electron chi connectivity index (χ2n) is 4.72. The minimum absolute atomic E-state index is 0.0672. The fourth-order valence-corrected chi connectivity index (χ4v) is 1.36. The maximum atomic E-state index is 6.05. The number of hydrogen-bond donors (Lipinski definition) is 1. The Kier molecular flexibility index (Phi) is 3.80. The molecule has 1 aromatic rings. The van der Waals surface area contributed by atoms with Gasteiger partial charge in [0.2, 0.25) is 0 Å². The molecule has 0 spiro atoms. The van der Waals surface area contributed by atoms with E-state index in [1.165, 1.54) is 0 Å². The first kappa shape index (κ1) is 12.1. The standard InChI is InChI=1S/C12H21N3/c1-7(2)10-6-9(5)14-12(15-10)11(13)8(3)4/h6-8,11H,13H2,1-5H3. The highest BCUT2D eigenvalue weighted by Gasteiger charge is 2.15. The fraction of sp³-hybridized carbons (Fsp3) is 0.667. The maximum Gasteiger partial charge on any atom is 0.145 e. The topological polar surface area (TPSA) is 51.8 Å². The molecule has 0 bridgehead atoms. The molecular weight excluding hydrogens is 186 g/mol. The van der Waals surface area contributed by atoms with Crippen molar-refractivity contribution in [2.45, 2.75) is 46.6 Å². The van der Waals surface area contributed by atoms with Gasteiger partial charge in [-0.1, -0.05) is 27.7 Å². The van der Waals surface area contributed by atoms with Gasteiger partial charge in [0.1, 0.15) is 5.82 Å². The Hall–Kier alpha value is -0.960. The van der Waals surface area contributed by atoms with Crippen LogP contribution in [0, 0.1) is 12.8 Å². The molecule has 0 aromatic carbocycles. The van der Waals surface area contributed by atoms with Gasteiger partial charge in [-0.05, 0) is 24.8 Å².